The van der Waals surface area contributed by atoms with Gasteiger partial charge in [0.1, 0.15) is 48.5 Å². The number of hydrogen-bond acceptors (Lipinski definition) is 9. The summed E-state index contributed by atoms with van der Waals surface area (Å²) in [6.45, 7) is 3.03. The molecule has 0 radical (unpaired) electrons. The van der Waals surface area contributed by atoms with Gasteiger partial charge in [0.15, 0.2) is 11.5 Å². The first kappa shape index (κ1) is 31.2. The van der Waals surface area contributed by atoms with Crippen LogP contribution >= 0.6 is 0 Å². The van der Waals surface area contributed by atoms with Crippen molar-refractivity contribution < 1.29 is 37.3 Å². The van der Waals surface area contributed by atoms with Gasteiger partial charge in [-0.1, -0.05) is 0 Å². The van der Waals surface area contributed by atoms with Gasteiger partial charge in [0.2, 0.25) is 5.75 Å². The second-order valence-corrected chi connectivity index (χ2v) is 10.2. The molecule has 0 unspecified atom stereocenters. The monoisotopic (exact) mass is 646 g/mol. The topological polar surface area (TPSA) is 132 Å². The predicted molar refractivity (Wildman–Crippen MR) is 166 cm³/mol. The molecule has 1 aliphatic rings. The van der Waals surface area contributed by atoms with E-state index in [2.05, 4.69) is 10.3 Å². The Morgan fingerprint density at radius 2 is 1.74 bits per heavy atom. The number of anilines is 1. The molecule has 0 spiro atoms. The summed E-state index contributed by atoms with van der Waals surface area (Å²) < 4.78 is 59.4. The van der Waals surface area contributed by atoms with E-state index in [1.807, 2.05) is 0 Å². The highest BCUT2D eigenvalue weighted by atomic mass is 19.1. The number of fused-ring (bicyclic) bond motifs is 3. The number of nitrogens with zero attached hydrogens (tertiary/aromatic N) is 3. The van der Waals surface area contributed by atoms with Crippen LogP contribution in [0.25, 0.3) is 16.6 Å². The molecule has 0 aliphatic carbocycles. The number of amides is 1. The summed E-state index contributed by atoms with van der Waals surface area (Å²) in [5.74, 6) is -0.787. The molecule has 3 aromatic carbocycles. The lowest BCUT2D eigenvalue weighted by molar-refractivity contribution is 0.102. The minimum atomic E-state index is -0.951. The first-order valence-electron chi connectivity index (χ1n) is 14.5. The van der Waals surface area contributed by atoms with E-state index >= 15 is 4.39 Å². The van der Waals surface area contributed by atoms with Crippen molar-refractivity contribution in [2.75, 3.05) is 38.9 Å². The Hall–Kier alpha value is -5.76. The van der Waals surface area contributed by atoms with Crippen LogP contribution in [0.2, 0.25) is 0 Å². The number of halogens is 2. The molecule has 1 aliphatic heterocycles. The van der Waals surface area contributed by atoms with Gasteiger partial charge in [0.25, 0.3) is 11.5 Å². The van der Waals surface area contributed by atoms with Crippen LogP contribution in [0.15, 0.2) is 76.6 Å². The molecular weight excluding hydrogens is 618 g/mol. The van der Waals surface area contributed by atoms with Crippen LogP contribution in [0.1, 0.15) is 17.3 Å². The summed E-state index contributed by atoms with van der Waals surface area (Å²) in [5, 5.41) is 2.88. The molecule has 12 nitrogen and oxygen atoms in total. The van der Waals surface area contributed by atoms with Gasteiger partial charge in [-0.05, 0) is 49.4 Å². The Bertz CT molecular complexity index is 2100. The van der Waals surface area contributed by atoms with E-state index in [4.69, 9.17) is 23.7 Å². The van der Waals surface area contributed by atoms with Crippen molar-refractivity contribution >= 4 is 22.5 Å². The van der Waals surface area contributed by atoms with Crippen LogP contribution in [-0.2, 0) is 11.3 Å². The van der Waals surface area contributed by atoms with Gasteiger partial charge in [0, 0.05) is 38.2 Å². The Morgan fingerprint density at radius 3 is 2.47 bits per heavy atom. The summed E-state index contributed by atoms with van der Waals surface area (Å²) in [7, 11) is 1.57. The zero-order chi connectivity index (χ0) is 33.1. The minimum absolute atomic E-state index is 0.0719. The molecule has 6 rings (SSSR count). The van der Waals surface area contributed by atoms with E-state index in [1.165, 1.54) is 30.5 Å². The average Bonchev–Trinajstić information content (AvgIpc) is 3.07. The van der Waals surface area contributed by atoms with Crippen molar-refractivity contribution in [3.05, 3.63) is 105 Å². The SMILES string of the molecule is CCn1cc(C(=O)Nc2ccc(Oc3ccnc4cc(OCCOC)c5c(c34)OCCO5)cc2F)c(=O)n(-c2ccc(F)cc2)c1=O. The summed E-state index contributed by atoms with van der Waals surface area (Å²) in [5.41, 5.74) is -1.77. The summed E-state index contributed by atoms with van der Waals surface area (Å²) in [6.07, 6.45) is 2.62. The summed E-state index contributed by atoms with van der Waals surface area (Å²) in [6, 6.07) is 11.7. The maximum absolute atomic E-state index is 15.4. The first-order valence-corrected chi connectivity index (χ1v) is 14.5. The number of ether oxygens (including phenoxy) is 5. The van der Waals surface area contributed by atoms with Crippen LogP contribution < -0.4 is 35.5 Å². The second-order valence-electron chi connectivity index (χ2n) is 10.2. The van der Waals surface area contributed by atoms with Crippen molar-refractivity contribution in [3.63, 3.8) is 0 Å². The van der Waals surface area contributed by atoms with E-state index in [1.54, 1.807) is 26.2 Å². The first-order chi connectivity index (χ1) is 22.8. The Kier molecular flexibility index (Phi) is 8.84. The van der Waals surface area contributed by atoms with Crippen LogP contribution in [0.4, 0.5) is 14.5 Å². The molecule has 2 aromatic heterocycles. The largest absolute Gasteiger partial charge is 0.487 e. The molecule has 47 heavy (non-hydrogen) atoms. The quantitative estimate of drug-likeness (QED) is 0.215. The lowest BCUT2D eigenvalue weighted by Crippen LogP contribution is -2.42. The molecule has 14 heteroatoms. The third-order valence-electron chi connectivity index (χ3n) is 7.23. The maximum Gasteiger partial charge on any atom is 0.335 e. The number of methoxy groups -OCH3 is 1. The average molecular weight is 647 g/mol. The lowest BCUT2D eigenvalue weighted by Gasteiger charge is -2.23. The number of carbonyl (C=O) groups excluding carboxylic acids is 1. The molecule has 1 N–H and O–H groups in total. The fourth-order valence-corrected chi connectivity index (χ4v) is 4.98. The van der Waals surface area contributed by atoms with E-state index in [-0.39, 0.29) is 36.9 Å². The molecule has 0 atom stereocenters. The normalized spacial score (nSPS) is 12.2. The molecule has 3 heterocycles. The van der Waals surface area contributed by atoms with Crippen LogP contribution in [0, 0.1) is 11.6 Å². The molecule has 5 aromatic rings. The van der Waals surface area contributed by atoms with Gasteiger partial charge in [-0.3, -0.25) is 19.1 Å². The van der Waals surface area contributed by atoms with Gasteiger partial charge in [0.05, 0.1) is 28.9 Å². The highest BCUT2D eigenvalue weighted by Crippen LogP contribution is 2.48. The van der Waals surface area contributed by atoms with Crippen molar-refractivity contribution in [2.24, 2.45) is 0 Å². The second kappa shape index (κ2) is 13.3. The van der Waals surface area contributed by atoms with Gasteiger partial charge in [-0.2, -0.15) is 0 Å². The predicted octanol–water partition coefficient (Wildman–Crippen LogP) is 4.69. The van der Waals surface area contributed by atoms with Gasteiger partial charge >= 0.3 is 5.69 Å². The molecule has 0 saturated heterocycles. The van der Waals surface area contributed by atoms with Crippen molar-refractivity contribution in [3.8, 4) is 34.4 Å². The van der Waals surface area contributed by atoms with E-state index in [9.17, 15) is 18.8 Å². The fraction of sp³-hybridized carbons (Fsp3) is 0.212. The Balaban J connectivity index is 1.28. The number of carbonyl (C=O) groups is 1. The van der Waals surface area contributed by atoms with Gasteiger partial charge in [-0.25, -0.2) is 18.1 Å². The molecule has 0 saturated carbocycles. The van der Waals surface area contributed by atoms with Crippen molar-refractivity contribution in [1.29, 1.82) is 0 Å². The molecule has 1 amide bonds. The van der Waals surface area contributed by atoms with Crippen molar-refractivity contribution in [1.82, 2.24) is 14.1 Å². The highest BCUT2D eigenvalue weighted by Gasteiger charge is 2.25. The lowest BCUT2D eigenvalue weighted by atomic mass is 10.1. The van der Waals surface area contributed by atoms with Gasteiger partial charge in [-0.15, -0.1) is 0 Å². The third-order valence-corrected chi connectivity index (χ3v) is 7.23. The molecule has 0 bridgehead atoms. The number of rotatable bonds is 10. The minimum Gasteiger partial charge on any atom is -0.487 e. The van der Waals surface area contributed by atoms with Crippen LogP contribution in [0.5, 0.6) is 28.7 Å². The van der Waals surface area contributed by atoms with Crippen LogP contribution in [-0.4, -0.2) is 53.6 Å². The zero-order valence-electron chi connectivity index (χ0n) is 25.2. The number of benzene rings is 3. The standard InChI is InChI=1S/C33H28F2N4O8/c1-3-38-18-22(32(41)39(33(38)42)20-6-4-19(34)5-7-20)31(40)37-24-9-8-21(16-23(24)35)47-26-10-11-36-25-17-27(44-13-12-43-2)29-30(28(25)26)46-15-14-45-29/h4-11,16-18H,3,12-15H2,1-2H3,(H,37,40). The van der Waals surface area contributed by atoms with Crippen molar-refractivity contribution in [2.45, 2.75) is 13.5 Å². The number of nitrogens with one attached hydrogen (secondary N) is 1. The summed E-state index contributed by atoms with van der Waals surface area (Å²) in [4.78, 5) is 43.8. The smallest absolute Gasteiger partial charge is 0.335 e. The van der Waals surface area contributed by atoms with Crippen LogP contribution in [0.3, 0.4) is 0 Å². The van der Waals surface area contributed by atoms with Gasteiger partial charge < -0.3 is 29.0 Å². The molecule has 0 fully saturated rings. The summed E-state index contributed by atoms with van der Waals surface area (Å²) >= 11 is 0. The Labute approximate surface area is 265 Å². The number of aromatic nitrogens is 3. The van der Waals surface area contributed by atoms with E-state index < -0.39 is 34.4 Å². The number of hydrogen-bond donors (Lipinski definition) is 1. The Morgan fingerprint density at radius 1 is 0.979 bits per heavy atom. The number of pyridine rings is 1. The van der Waals surface area contributed by atoms with E-state index in [0.717, 1.165) is 33.5 Å². The zero-order valence-corrected chi connectivity index (χ0v) is 25.2. The maximum atomic E-state index is 15.4. The molecule has 242 valence electrons. The molecular formula is C33H28F2N4O8. The number of aryl methyl sites for hydroxylation is 1. The fourth-order valence-electron chi connectivity index (χ4n) is 4.98. The van der Waals surface area contributed by atoms with E-state index in [0.29, 0.717) is 47.1 Å². The third kappa shape index (κ3) is 6.22. The highest BCUT2D eigenvalue weighted by molar-refractivity contribution is 6.04.